The van der Waals surface area contributed by atoms with Crippen LogP contribution < -0.4 is 5.32 Å². The van der Waals surface area contributed by atoms with E-state index in [-0.39, 0.29) is 17.6 Å². The highest BCUT2D eigenvalue weighted by atomic mass is 79.9. The Labute approximate surface area is 225 Å². The van der Waals surface area contributed by atoms with Gasteiger partial charge in [0.05, 0.1) is 5.75 Å². The molecule has 2 amide bonds. The monoisotopic (exact) mass is 572 g/mol. The van der Waals surface area contributed by atoms with Gasteiger partial charge in [0, 0.05) is 34.8 Å². The number of hydrogen-bond acceptors (Lipinski definition) is 3. The summed E-state index contributed by atoms with van der Waals surface area (Å²) in [4.78, 5) is 28.6. The average molecular weight is 574 g/mol. The lowest BCUT2D eigenvalue weighted by atomic mass is 10.0. The van der Waals surface area contributed by atoms with Crippen LogP contribution in [0.4, 0.5) is 0 Å². The van der Waals surface area contributed by atoms with Crippen molar-refractivity contribution in [1.29, 1.82) is 0 Å². The van der Waals surface area contributed by atoms with Crippen LogP contribution in [0.2, 0.25) is 5.02 Å². The summed E-state index contributed by atoms with van der Waals surface area (Å²) in [5, 5.41) is 3.69. The first kappa shape index (κ1) is 27.3. The topological polar surface area (TPSA) is 49.4 Å². The van der Waals surface area contributed by atoms with E-state index in [4.69, 9.17) is 11.6 Å². The molecule has 1 N–H and O–H groups in total. The second-order valence-electron chi connectivity index (χ2n) is 8.27. The fourth-order valence-corrected chi connectivity index (χ4v) is 5.01. The standard InChI is InChI=1S/C28H30BrClN2O2S/c1-2-15-31-28(34)26(17-21-7-4-3-5-8-21)32(18-22-11-13-24(29)14-12-22)27(33)20-35-19-23-9-6-10-25(30)16-23/h3-14,16,26H,2,15,17-20H2,1H3,(H,31,34). The Bertz CT molecular complexity index is 1100. The first-order chi connectivity index (χ1) is 17.0. The van der Waals surface area contributed by atoms with Crippen LogP contribution in [0, 0.1) is 0 Å². The summed E-state index contributed by atoms with van der Waals surface area (Å²) in [5.41, 5.74) is 3.06. The van der Waals surface area contributed by atoms with Gasteiger partial charge in [0.1, 0.15) is 6.04 Å². The first-order valence-electron chi connectivity index (χ1n) is 11.6. The molecule has 7 heteroatoms. The summed E-state index contributed by atoms with van der Waals surface area (Å²) >= 11 is 11.1. The lowest BCUT2D eigenvalue weighted by Crippen LogP contribution is -2.51. The predicted octanol–water partition coefficient (Wildman–Crippen LogP) is 6.50. The zero-order chi connectivity index (χ0) is 25.0. The number of benzene rings is 3. The predicted molar refractivity (Wildman–Crippen MR) is 150 cm³/mol. The van der Waals surface area contributed by atoms with Crippen molar-refractivity contribution >= 4 is 51.1 Å². The molecule has 35 heavy (non-hydrogen) atoms. The van der Waals surface area contributed by atoms with Gasteiger partial charge in [0.25, 0.3) is 0 Å². The van der Waals surface area contributed by atoms with E-state index in [0.29, 0.717) is 30.3 Å². The van der Waals surface area contributed by atoms with E-state index in [9.17, 15) is 9.59 Å². The maximum atomic E-state index is 13.6. The zero-order valence-electron chi connectivity index (χ0n) is 19.8. The van der Waals surface area contributed by atoms with Crippen molar-refractivity contribution in [1.82, 2.24) is 10.2 Å². The van der Waals surface area contributed by atoms with Crippen molar-refractivity contribution in [3.05, 3.63) is 105 Å². The largest absolute Gasteiger partial charge is 0.354 e. The van der Waals surface area contributed by atoms with E-state index in [2.05, 4.69) is 21.2 Å². The highest BCUT2D eigenvalue weighted by Crippen LogP contribution is 2.21. The Kier molecular flexibility index (Phi) is 11.2. The molecular weight excluding hydrogens is 544 g/mol. The average Bonchev–Trinajstić information content (AvgIpc) is 2.86. The number of carbonyl (C=O) groups excluding carboxylic acids is 2. The number of amides is 2. The van der Waals surface area contributed by atoms with Gasteiger partial charge in [-0.3, -0.25) is 9.59 Å². The molecule has 0 radical (unpaired) electrons. The van der Waals surface area contributed by atoms with Gasteiger partial charge in [0.2, 0.25) is 11.8 Å². The molecule has 3 rings (SSSR count). The summed E-state index contributed by atoms with van der Waals surface area (Å²) in [6, 6.07) is 24.8. The summed E-state index contributed by atoms with van der Waals surface area (Å²) in [5.74, 6) is 0.757. The third kappa shape index (κ3) is 9.02. The fourth-order valence-electron chi connectivity index (χ4n) is 3.67. The van der Waals surface area contributed by atoms with Gasteiger partial charge < -0.3 is 10.2 Å². The summed E-state index contributed by atoms with van der Waals surface area (Å²) in [7, 11) is 0. The number of carbonyl (C=O) groups is 2. The lowest BCUT2D eigenvalue weighted by Gasteiger charge is -2.31. The molecule has 0 fully saturated rings. The van der Waals surface area contributed by atoms with Gasteiger partial charge >= 0.3 is 0 Å². The molecule has 3 aromatic rings. The van der Waals surface area contributed by atoms with E-state index in [1.807, 2.05) is 85.8 Å². The Morgan fingerprint density at radius 1 is 0.971 bits per heavy atom. The van der Waals surface area contributed by atoms with Crippen molar-refractivity contribution < 1.29 is 9.59 Å². The molecule has 0 saturated heterocycles. The smallest absolute Gasteiger partial charge is 0.243 e. The van der Waals surface area contributed by atoms with E-state index < -0.39 is 6.04 Å². The molecule has 0 spiro atoms. The second kappa shape index (κ2) is 14.3. The highest BCUT2D eigenvalue weighted by Gasteiger charge is 2.30. The summed E-state index contributed by atoms with van der Waals surface area (Å²) in [6.07, 6.45) is 1.29. The van der Waals surface area contributed by atoms with E-state index in [1.54, 1.807) is 4.90 Å². The second-order valence-corrected chi connectivity index (χ2v) is 10.6. The van der Waals surface area contributed by atoms with E-state index in [1.165, 1.54) is 11.8 Å². The third-order valence-corrected chi connectivity index (χ3v) is 7.22. The van der Waals surface area contributed by atoms with Crippen molar-refractivity contribution in [2.45, 2.75) is 38.1 Å². The number of thioether (sulfide) groups is 1. The third-order valence-electron chi connectivity index (χ3n) is 5.47. The minimum Gasteiger partial charge on any atom is -0.354 e. The normalized spacial score (nSPS) is 11.6. The number of rotatable bonds is 12. The van der Waals surface area contributed by atoms with E-state index >= 15 is 0 Å². The maximum absolute atomic E-state index is 13.6. The Balaban J connectivity index is 1.82. The SMILES string of the molecule is CCCNC(=O)C(Cc1ccccc1)N(Cc1ccc(Br)cc1)C(=O)CSCc1cccc(Cl)c1. The van der Waals surface area contributed by atoms with Crippen molar-refractivity contribution in [2.24, 2.45) is 0 Å². The van der Waals surface area contributed by atoms with E-state index in [0.717, 1.165) is 27.6 Å². The minimum atomic E-state index is -0.605. The fraction of sp³-hybridized carbons (Fsp3) is 0.286. The molecule has 1 unspecified atom stereocenters. The molecule has 0 bridgehead atoms. The quantitative estimate of drug-likeness (QED) is 0.269. The number of halogens is 2. The number of nitrogens with zero attached hydrogens (tertiary/aromatic N) is 1. The molecule has 0 heterocycles. The Morgan fingerprint density at radius 3 is 2.37 bits per heavy atom. The van der Waals surface area contributed by atoms with Gasteiger partial charge in [0.15, 0.2) is 0 Å². The molecule has 184 valence electrons. The molecule has 4 nitrogen and oxygen atoms in total. The first-order valence-corrected chi connectivity index (χ1v) is 14.0. The van der Waals surface area contributed by atoms with Gasteiger partial charge in [-0.25, -0.2) is 0 Å². The van der Waals surface area contributed by atoms with Gasteiger partial charge in [-0.1, -0.05) is 89.1 Å². The van der Waals surface area contributed by atoms with Crippen LogP contribution in [0.25, 0.3) is 0 Å². The Hall–Kier alpha value is -2.28. The summed E-state index contributed by atoms with van der Waals surface area (Å²) < 4.78 is 0.970. The molecular formula is C28H30BrClN2O2S. The highest BCUT2D eigenvalue weighted by molar-refractivity contribution is 9.10. The van der Waals surface area contributed by atoms with Gasteiger partial charge in [-0.2, -0.15) is 0 Å². The van der Waals surface area contributed by atoms with Crippen LogP contribution in [0.3, 0.4) is 0 Å². The van der Waals surface area contributed by atoms with Crippen molar-refractivity contribution in [2.75, 3.05) is 12.3 Å². The minimum absolute atomic E-state index is 0.0625. The maximum Gasteiger partial charge on any atom is 0.243 e. The van der Waals surface area contributed by atoms with Gasteiger partial charge in [-0.05, 0) is 47.4 Å². The number of hydrogen-bond donors (Lipinski definition) is 1. The van der Waals surface area contributed by atoms with Crippen LogP contribution in [-0.2, 0) is 28.3 Å². The molecule has 3 aromatic carbocycles. The van der Waals surface area contributed by atoms with Crippen LogP contribution in [0.15, 0.2) is 83.3 Å². The van der Waals surface area contributed by atoms with Gasteiger partial charge in [-0.15, -0.1) is 11.8 Å². The Morgan fingerprint density at radius 2 is 1.69 bits per heavy atom. The number of nitrogens with one attached hydrogen (secondary N) is 1. The molecule has 1 atom stereocenters. The van der Waals surface area contributed by atoms with Crippen LogP contribution in [0.5, 0.6) is 0 Å². The molecule has 0 saturated carbocycles. The lowest BCUT2D eigenvalue weighted by molar-refractivity contribution is -0.139. The molecule has 0 aliphatic rings. The molecule has 0 aromatic heterocycles. The molecule has 0 aliphatic carbocycles. The van der Waals surface area contributed by atoms with Crippen molar-refractivity contribution in [3.8, 4) is 0 Å². The summed E-state index contributed by atoms with van der Waals surface area (Å²) in [6.45, 7) is 2.96. The van der Waals surface area contributed by atoms with Crippen molar-refractivity contribution in [3.63, 3.8) is 0 Å². The van der Waals surface area contributed by atoms with Crippen LogP contribution in [0.1, 0.15) is 30.0 Å². The van der Waals surface area contributed by atoms with Crippen LogP contribution >= 0.6 is 39.3 Å². The zero-order valence-corrected chi connectivity index (χ0v) is 22.9. The van der Waals surface area contributed by atoms with Crippen LogP contribution in [-0.4, -0.2) is 35.1 Å². The molecule has 0 aliphatic heterocycles.